The Morgan fingerprint density at radius 1 is 1.14 bits per heavy atom. The summed E-state index contributed by atoms with van der Waals surface area (Å²) in [5.41, 5.74) is 4.64. The highest BCUT2D eigenvalue weighted by Crippen LogP contribution is 2.24. The number of rotatable bonds is 8. The average Bonchev–Trinajstić information content (AvgIpc) is 3.13. The van der Waals surface area contributed by atoms with Crippen molar-refractivity contribution in [2.75, 3.05) is 26.7 Å². The molecule has 1 heterocycles. The summed E-state index contributed by atoms with van der Waals surface area (Å²) >= 11 is 0. The molecule has 29 heavy (non-hydrogen) atoms. The summed E-state index contributed by atoms with van der Waals surface area (Å²) in [7, 11) is 1.59. The quantitative estimate of drug-likeness (QED) is 0.348. The number of fused-ring (bicyclic) bond motifs is 1. The summed E-state index contributed by atoms with van der Waals surface area (Å²) in [6.07, 6.45) is 3.67. The van der Waals surface area contributed by atoms with Crippen molar-refractivity contribution in [2.45, 2.75) is 26.7 Å². The van der Waals surface area contributed by atoms with Gasteiger partial charge < -0.3 is 25.5 Å². The molecule has 0 bridgehead atoms. The number of methoxy groups -OCH3 is 1. The molecule has 154 valence electrons. The van der Waals surface area contributed by atoms with Gasteiger partial charge in [-0.05, 0) is 55.5 Å². The first-order valence-corrected chi connectivity index (χ1v) is 10.1. The minimum absolute atomic E-state index is 0.243. The molecule has 0 amide bonds. The van der Waals surface area contributed by atoms with E-state index in [9.17, 15) is 5.11 Å². The number of aliphatic imine (C=N–C) groups is 1. The van der Waals surface area contributed by atoms with Crippen molar-refractivity contribution in [3.63, 3.8) is 0 Å². The lowest BCUT2D eigenvalue weighted by Gasteiger charge is -2.12. The Kier molecular flexibility index (Phi) is 7.00. The van der Waals surface area contributed by atoms with E-state index in [1.54, 1.807) is 13.2 Å². The van der Waals surface area contributed by atoms with Crippen LogP contribution in [0, 0.1) is 6.92 Å². The number of nitrogens with zero attached hydrogens (tertiary/aromatic N) is 1. The van der Waals surface area contributed by atoms with Gasteiger partial charge in [-0.25, -0.2) is 0 Å². The topological polar surface area (TPSA) is 81.7 Å². The summed E-state index contributed by atoms with van der Waals surface area (Å²) in [6, 6.07) is 11.7. The van der Waals surface area contributed by atoms with E-state index in [2.05, 4.69) is 58.9 Å². The van der Waals surface area contributed by atoms with E-state index >= 15 is 0 Å². The minimum atomic E-state index is 0.243. The second-order valence-electron chi connectivity index (χ2n) is 6.99. The number of aromatic amines is 1. The summed E-state index contributed by atoms with van der Waals surface area (Å²) in [6.45, 7) is 6.37. The summed E-state index contributed by atoms with van der Waals surface area (Å²) in [4.78, 5) is 7.99. The molecule has 0 atom stereocenters. The van der Waals surface area contributed by atoms with Crippen LogP contribution >= 0.6 is 0 Å². The first-order valence-electron chi connectivity index (χ1n) is 10.1. The van der Waals surface area contributed by atoms with Crippen molar-refractivity contribution in [3.05, 3.63) is 59.3 Å². The number of phenols is 1. The average molecular weight is 395 g/mol. The Morgan fingerprint density at radius 2 is 2.00 bits per heavy atom. The molecule has 2 aromatic carbocycles. The van der Waals surface area contributed by atoms with Crippen molar-refractivity contribution in [1.29, 1.82) is 0 Å². The molecule has 0 aliphatic carbocycles. The Balaban J connectivity index is 1.56. The van der Waals surface area contributed by atoms with E-state index in [-0.39, 0.29) is 5.75 Å². The Labute approximate surface area is 172 Å². The molecular weight excluding hydrogens is 364 g/mol. The number of aryl methyl sites for hydroxylation is 1. The highest BCUT2D eigenvalue weighted by Gasteiger charge is 2.07. The van der Waals surface area contributed by atoms with Crippen molar-refractivity contribution < 1.29 is 9.84 Å². The minimum Gasteiger partial charge on any atom is -0.508 e. The molecule has 6 heteroatoms. The van der Waals surface area contributed by atoms with Crippen LogP contribution in [-0.2, 0) is 12.8 Å². The fraction of sp³-hybridized carbons (Fsp3) is 0.348. The van der Waals surface area contributed by atoms with Gasteiger partial charge in [0.2, 0.25) is 0 Å². The maximum atomic E-state index is 10.1. The lowest BCUT2D eigenvalue weighted by atomic mass is 10.1. The van der Waals surface area contributed by atoms with Gasteiger partial charge in [0, 0.05) is 42.8 Å². The fourth-order valence-electron chi connectivity index (χ4n) is 3.48. The van der Waals surface area contributed by atoms with E-state index in [0.717, 1.165) is 31.0 Å². The molecule has 4 N–H and O–H groups in total. The highest BCUT2D eigenvalue weighted by atomic mass is 16.5. The van der Waals surface area contributed by atoms with Crippen LogP contribution in [0.4, 0.5) is 0 Å². The number of phenolic OH excluding ortho intramolecular Hbond substituents is 1. The number of aromatic hydroxyl groups is 1. The third kappa shape index (κ3) is 5.22. The molecule has 0 unspecified atom stereocenters. The predicted molar refractivity (Wildman–Crippen MR) is 119 cm³/mol. The number of hydrogen-bond donors (Lipinski definition) is 4. The van der Waals surface area contributed by atoms with E-state index in [4.69, 9.17) is 4.74 Å². The zero-order valence-electron chi connectivity index (χ0n) is 17.4. The highest BCUT2D eigenvalue weighted by molar-refractivity contribution is 5.86. The molecular formula is C23H30N4O2. The molecule has 3 aromatic rings. The summed E-state index contributed by atoms with van der Waals surface area (Å²) in [5, 5.41) is 18.1. The number of H-pyrrole nitrogens is 1. The predicted octanol–water partition coefficient (Wildman–Crippen LogP) is 3.53. The smallest absolute Gasteiger partial charge is 0.191 e. The van der Waals surface area contributed by atoms with Crippen molar-refractivity contribution in [3.8, 4) is 11.5 Å². The first-order chi connectivity index (χ1) is 14.1. The molecule has 0 saturated carbocycles. The number of aromatic nitrogens is 1. The van der Waals surface area contributed by atoms with Gasteiger partial charge in [0.15, 0.2) is 5.96 Å². The SMILES string of the molecule is CCNC(=NCCc1ccc(OC)cc1O)NCCc1c[nH]c2cccc(C)c12. The molecule has 3 rings (SSSR count). The monoisotopic (exact) mass is 394 g/mol. The van der Waals surface area contributed by atoms with Crippen LogP contribution in [0.5, 0.6) is 11.5 Å². The van der Waals surface area contributed by atoms with Gasteiger partial charge >= 0.3 is 0 Å². The molecule has 0 radical (unpaired) electrons. The van der Waals surface area contributed by atoms with E-state index in [0.29, 0.717) is 18.7 Å². The van der Waals surface area contributed by atoms with Crippen molar-refractivity contribution in [1.82, 2.24) is 15.6 Å². The number of benzene rings is 2. The van der Waals surface area contributed by atoms with E-state index < -0.39 is 0 Å². The number of nitrogens with one attached hydrogen (secondary N) is 3. The van der Waals surface area contributed by atoms with Crippen molar-refractivity contribution >= 4 is 16.9 Å². The van der Waals surface area contributed by atoms with Crippen LogP contribution < -0.4 is 15.4 Å². The molecule has 1 aromatic heterocycles. The number of ether oxygens (including phenoxy) is 1. The summed E-state index contributed by atoms with van der Waals surface area (Å²) in [5.74, 6) is 1.68. The zero-order chi connectivity index (χ0) is 20.6. The van der Waals surface area contributed by atoms with Gasteiger partial charge in [-0.15, -0.1) is 0 Å². The fourth-order valence-corrected chi connectivity index (χ4v) is 3.48. The van der Waals surface area contributed by atoms with Gasteiger partial charge in [0.05, 0.1) is 7.11 Å². The largest absolute Gasteiger partial charge is 0.508 e. The Hall–Kier alpha value is -3.15. The number of guanidine groups is 1. The van der Waals surface area contributed by atoms with Gasteiger partial charge in [-0.3, -0.25) is 4.99 Å². The van der Waals surface area contributed by atoms with Crippen LogP contribution in [-0.4, -0.2) is 42.8 Å². The third-order valence-electron chi connectivity index (χ3n) is 4.97. The lowest BCUT2D eigenvalue weighted by Crippen LogP contribution is -2.38. The Morgan fingerprint density at radius 3 is 2.76 bits per heavy atom. The van der Waals surface area contributed by atoms with Gasteiger partial charge in [-0.1, -0.05) is 18.2 Å². The normalized spacial score (nSPS) is 11.6. The van der Waals surface area contributed by atoms with Crippen LogP contribution in [0.1, 0.15) is 23.6 Å². The maximum absolute atomic E-state index is 10.1. The zero-order valence-corrected chi connectivity index (χ0v) is 17.4. The van der Waals surface area contributed by atoms with Gasteiger partial charge in [0.1, 0.15) is 11.5 Å². The standard InChI is InChI=1S/C23H30N4O2/c1-4-24-23(25-12-10-17-8-9-19(29-3)14-21(17)28)26-13-11-18-15-27-20-7-5-6-16(2)22(18)20/h5-9,14-15,27-28H,4,10-13H2,1-3H3,(H2,24,25,26). The second-order valence-corrected chi connectivity index (χ2v) is 6.99. The van der Waals surface area contributed by atoms with Gasteiger partial charge in [0.25, 0.3) is 0 Å². The van der Waals surface area contributed by atoms with Gasteiger partial charge in [-0.2, -0.15) is 0 Å². The van der Waals surface area contributed by atoms with E-state index in [1.807, 2.05) is 12.1 Å². The first kappa shape index (κ1) is 20.6. The number of hydrogen-bond acceptors (Lipinski definition) is 3. The molecule has 0 saturated heterocycles. The molecule has 0 aliphatic rings. The lowest BCUT2D eigenvalue weighted by molar-refractivity contribution is 0.406. The Bertz CT molecular complexity index is 978. The van der Waals surface area contributed by atoms with Crippen LogP contribution in [0.15, 0.2) is 47.6 Å². The van der Waals surface area contributed by atoms with Crippen LogP contribution in [0.25, 0.3) is 10.9 Å². The molecule has 0 spiro atoms. The maximum Gasteiger partial charge on any atom is 0.191 e. The molecule has 0 aliphatic heterocycles. The van der Waals surface area contributed by atoms with E-state index in [1.165, 1.54) is 22.0 Å². The second kappa shape index (κ2) is 9.87. The summed E-state index contributed by atoms with van der Waals surface area (Å²) < 4.78 is 5.12. The van der Waals surface area contributed by atoms with Crippen LogP contribution in [0.2, 0.25) is 0 Å². The molecule has 0 fully saturated rings. The van der Waals surface area contributed by atoms with Crippen LogP contribution in [0.3, 0.4) is 0 Å². The van der Waals surface area contributed by atoms with Crippen molar-refractivity contribution in [2.24, 2.45) is 4.99 Å². The molecule has 6 nitrogen and oxygen atoms in total. The third-order valence-corrected chi connectivity index (χ3v) is 4.97.